The zero-order valence-corrected chi connectivity index (χ0v) is 15.6. The van der Waals surface area contributed by atoms with E-state index >= 15 is 0 Å². The Bertz CT molecular complexity index is 727. The van der Waals surface area contributed by atoms with Crippen molar-refractivity contribution in [3.63, 3.8) is 0 Å². The Kier molecular flexibility index (Phi) is 5.51. The summed E-state index contributed by atoms with van der Waals surface area (Å²) in [6.45, 7) is 3.70. The first-order chi connectivity index (χ1) is 12.8. The zero-order valence-electron chi connectivity index (χ0n) is 14.8. The van der Waals surface area contributed by atoms with Gasteiger partial charge in [0.2, 0.25) is 5.91 Å². The first kappa shape index (κ1) is 17.5. The van der Waals surface area contributed by atoms with Crippen molar-refractivity contribution in [3.8, 4) is 0 Å². The van der Waals surface area contributed by atoms with Gasteiger partial charge in [-0.3, -0.25) is 19.7 Å². The van der Waals surface area contributed by atoms with Crippen LogP contribution in [0.3, 0.4) is 0 Å². The zero-order chi connectivity index (χ0) is 17.8. The molecule has 0 saturated carbocycles. The number of amides is 1. The van der Waals surface area contributed by atoms with Crippen molar-refractivity contribution in [2.45, 2.75) is 30.3 Å². The van der Waals surface area contributed by atoms with E-state index < -0.39 is 0 Å². The highest BCUT2D eigenvalue weighted by Crippen LogP contribution is 2.29. The van der Waals surface area contributed by atoms with Crippen molar-refractivity contribution >= 4 is 17.7 Å². The summed E-state index contributed by atoms with van der Waals surface area (Å²) in [7, 11) is 0. The minimum Gasteiger partial charge on any atom is -0.340 e. The van der Waals surface area contributed by atoms with E-state index in [9.17, 15) is 4.79 Å². The topological polar surface area (TPSA) is 49.3 Å². The molecule has 136 valence electrons. The number of carbonyl (C=O) groups is 1. The molecule has 1 amide bonds. The van der Waals surface area contributed by atoms with Gasteiger partial charge >= 0.3 is 0 Å². The highest BCUT2D eigenvalue weighted by Gasteiger charge is 2.36. The van der Waals surface area contributed by atoms with E-state index in [1.807, 2.05) is 30.5 Å². The van der Waals surface area contributed by atoms with Gasteiger partial charge in [-0.1, -0.05) is 6.07 Å². The van der Waals surface area contributed by atoms with Gasteiger partial charge in [-0.25, -0.2) is 0 Å². The highest BCUT2D eigenvalue weighted by molar-refractivity contribution is 8.00. The van der Waals surface area contributed by atoms with E-state index in [0.717, 1.165) is 36.8 Å². The standard InChI is InChI=1S/C20H24N4OS/c25-20(15-26-19-6-9-21-10-7-19)24-12-16-4-5-18(14-24)23(11-16)13-17-3-1-2-8-22-17/h1-3,6-10,16,18H,4-5,11-15H2/t16-,18-/m0/s1. The fraction of sp³-hybridized carbons (Fsp3) is 0.450. The Balaban J connectivity index is 1.37. The molecule has 0 spiro atoms. The lowest BCUT2D eigenvalue weighted by molar-refractivity contribution is -0.128. The number of hydrogen-bond donors (Lipinski definition) is 0. The van der Waals surface area contributed by atoms with E-state index in [2.05, 4.69) is 25.8 Å². The normalized spacial score (nSPS) is 23.0. The van der Waals surface area contributed by atoms with Gasteiger partial charge in [0.15, 0.2) is 0 Å². The van der Waals surface area contributed by atoms with Crippen LogP contribution in [0, 0.1) is 5.92 Å². The summed E-state index contributed by atoms with van der Waals surface area (Å²) in [6, 6.07) is 10.5. The molecule has 5 heterocycles. The first-order valence-electron chi connectivity index (χ1n) is 9.22. The third-order valence-electron chi connectivity index (χ3n) is 5.28. The molecule has 2 aromatic heterocycles. The van der Waals surface area contributed by atoms with E-state index in [0.29, 0.717) is 17.7 Å². The van der Waals surface area contributed by atoms with Gasteiger partial charge < -0.3 is 4.90 Å². The van der Waals surface area contributed by atoms with Crippen LogP contribution in [-0.4, -0.2) is 57.1 Å². The molecule has 2 aromatic rings. The van der Waals surface area contributed by atoms with Crippen LogP contribution in [-0.2, 0) is 11.3 Å². The molecular formula is C20H24N4OS. The molecule has 3 aliphatic heterocycles. The predicted molar refractivity (Wildman–Crippen MR) is 103 cm³/mol. The Labute approximate surface area is 158 Å². The average molecular weight is 369 g/mol. The Hall–Kier alpha value is -1.92. The Morgan fingerprint density at radius 1 is 1.08 bits per heavy atom. The number of carbonyl (C=O) groups excluding carboxylic acids is 1. The molecule has 2 bridgehead atoms. The second-order valence-corrected chi connectivity index (χ2v) is 8.17. The summed E-state index contributed by atoms with van der Waals surface area (Å²) in [5, 5.41) is 0. The quantitative estimate of drug-likeness (QED) is 0.760. The average Bonchev–Trinajstić information content (AvgIpc) is 3.00. The van der Waals surface area contributed by atoms with E-state index in [-0.39, 0.29) is 5.91 Å². The van der Waals surface area contributed by atoms with Gasteiger partial charge in [0, 0.05) is 55.7 Å². The minimum atomic E-state index is 0.253. The molecule has 26 heavy (non-hydrogen) atoms. The van der Waals surface area contributed by atoms with E-state index in [4.69, 9.17) is 0 Å². The summed E-state index contributed by atoms with van der Waals surface area (Å²) in [5.41, 5.74) is 1.12. The van der Waals surface area contributed by atoms with Gasteiger partial charge in [0.1, 0.15) is 0 Å². The Morgan fingerprint density at radius 3 is 2.77 bits per heavy atom. The monoisotopic (exact) mass is 368 g/mol. The van der Waals surface area contributed by atoms with Gasteiger partial charge in [-0.15, -0.1) is 11.8 Å². The number of aromatic nitrogens is 2. The smallest absolute Gasteiger partial charge is 0.232 e. The SMILES string of the molecule is O=C(CSc1ccncc1)N1C[C@H]2CC[C@@H](C1)N(Cc1ccccn1)C2. The minimum absolute atomic E-state index is 0.253. The van der Waals surface area contributed by atoms with E-state index in [1.165, 1.54) is 12.8 Å². The molecule has 0 radical (unpaired) electrons. The summed E-state index contributed by atoms with van der Waals surface area (Å²) in [5.74, 6) is 1.33. The third-order valence-corrected chi connectivity index (χ3v) is 6.28. The van der Waals surface area contributed by atoms with Crippen LogP contribution < -0.4 is 0 Å². The lowest BCUT2D eigenvalue weighted by Gasteiger charge is -2.35. The fourth-order valence-electron chi connectivity index (χ4n) is 3.95. The van der Waals surface area contributed by atoms with E-state index in [1.54, 1.807) is 24.2 Å². The summed E-state index contributed by atoms with van der Waals surface area (Å²) in [6.07, 6.45) is 7.81. The molecule has 5 nitrogen and oxygen atoms in total. The van der Waals surface area contributed by atoms with Crippen molar-refractivity contribution in [3.05, 3.63) is 54.6 Å². The molecule has 0 N–H and O–H groups in total. The summed E-state index contributed by atoms with van der Waals surface area (Å²) < 4.78 is 0. The van der Waals surface area contributed by atoms with Gasteiger partial charge in [-0.05, 0) is 43.0 Å². The Morgan fingerprint density at radius 2 is 1.96 bits per heavy atom. The van der Waals surface area contributed by atoms with Gasteiger partial charge in [0.05, 0.1) is 11.4 Å². The van der Waals surface area contributed by atoms with Crippen LogP contribution in [0.1, 0.15) is 18.5 Å². The second kappa shape index (κ2) is 8.18. The number of thioether (sulfide) groups is 1. The lowest BCUT2D eigenvalue weighted by atomic mass is 9.95. The van der Waals surface area contributed by atoms with Crippen molar-refractivity contribution in [1.29, 1.82) is 0 Å². The molecule has 3 saturated heterocycles. The molecule has 5 rings (SSSR count). The van der Waals surface area contributed by atoms with Crippen molar-refractivity contribution < 1.29 is 4.79 Å². The molecule has 0 aromatic carbocycles. The number of fused-ring (bicyclic) bond motifs is 4. The predicted octanol–water partition coefficient (Wildman–Crippen LogP) is 2.69. The van der Waals surface area contributed by atoms with Gasteiger partial charge in [0.25, 0.3) is 0 Å². The number of rotatable bonds is 5. The summed E-state index contributed by atoms with van der Waals surface area (Å²) in [4.78, 5) is 27.0. The third kappa shape index (κ3) is 4.24. The molecule has 0 aliphatic carbocycles. The highest BCUT2D eigenvalue weighted by atomic mass is 32.2. The van der Waals surface area contributed by atoms with Crippen LogP contribution in [0.4, 0.5) is 0 Å². The largest absolute Gasteiger partial charge is 0.340 e. The molecule has 0 unspecified atom stereocenters. The number of nitrogens with zero attached hydrogens (tertiary/aromatic N) is 4. The van der Waals surface area contributed by atoms with Crippen LogP contribution >= 0.6 is 11.8 Å². The molecular weight excluding hydrogens is 344 g/mol. The van der Waals surface area contributed by atoms with Crippen molar-refractivity contribution in [2.24, 2.45) is 5.92 Å². The molecule has 6 heteroatoms. The maximum absolute atomic E-state index is 12.8. The maximum Gasteiger partial charge on any atom is 0.232 e. The molecule has 3 fully saturated rings. The van der Waals surface area contributed by atoms with Gasteiger partial charge in [-0.2, -0.15) is 0 Å². The van der Waals surface area contributed by atoms with Crippen molar-refractivity contribution in [2.75, 3.05) is 25.4 Å². The van der Waals surface area contributed by atoms with Crippen LogP contribution in [0.2, 0.25) is 0 Å². The van der Waals surface area contributed by atoms with Crippen molar-refractivity contribution in [1.82, 2.24) is 19.8 Å². The first-order valence-corrected chi connectivity index (χ1v) is 10.2. The number of piperidine rings is 1. The molecule has 3 aliphatic rings. The number of hydrogen-bond acceptors (Lipinski definition) is 5. The second-order valence-electron chi connectivity index (χ2n) is 7.12. The van der Waals surface area contributed by atoms with Crippen LogP contribution in [0.5, 0.6) is 0 Å². The van der Waals surface area contributed by atoms with Crippen LogP contribution in [0.15, 0.2) is 53.8 Å². The fourth-order valence-corrected chi connectivity index (χ4v) is 4.73. The maximum atomic E-state index is 12.8. The number of pyridine rings is 2. The van der Waals surface area contributed by atoms with Crippen LogP contribution in [0.25, 0.3) is 0 Å². The lowest BCUT2D eigenvalue weighted by Crippen LogP contribution is -2.44. The molecule has 2 atom stereocenters. The summed E-state index contributed by atoms with van der Waals surface area (Å²) >= 11 is 1.60.